The smallest absolute Gasteiger partial charge is 0.144 e. The standard InChI is InChI=1S/C15H16BrFN2O/c1-2-7-20-15-9-11(4-6-13(15)18)19-14-8-10(17)3-5-12(14)16/h3-6,8-9,19H,2,7,18H2,1H3. The van der Waals surface area contributed by atoms with Crippen molar-refractivity contribution >= 4 is 33.0 Å². The van der Waals surface area contributed by atoms with Crippen molar-refractivity contribution in [2.24, 2.45) is 0 Å². The molecule has 0 radical (unpaired) electrons. The van der Waals surface area contributed by atoms with Crippen LogP contribution in [-0.4, -0.2) is 6.61 Å². The Labute approximate surface area is 126 Å². The fourth-order valence-electron chi connectivity index (χ4n) is 1.70. The summed E-state index contributed by atoms with van der Waals surface area (Å²) in [5, 5.41) is 3.13. The van der Waals surface area contributed by atoms with Gasteiger partial charge in [-0.2, -0.15) is 0 Å². The minimum Gasteiger partial charge on any atom is -0.491 e. The molecule has 3 N–H and O–H groups in total. The molecule has 2 aromatic rings. The maximum atomic E-state index is 13.3. The normalized spacial score (nSPS) is 10.3. The predicted octanol–water partition coefficient (Wildman–Crippen LogP) is 4.70. The highest BCUT2D eigenvalue weighted by molar-refractivity contribution is 9.10. The molecule has 0 aliphatic carbocycles. The number of anilines is 3. The molecule has 0 atom stereocenters. The van der Waals surface area contributed by atoms with Crippen LogP contribution in [0.5, 0.6) is 5.75 Å². The van der Waals surface area contributed by atoms with Gasteiger partial charge >= 0.3 is 0 Å². The van der Waals surface area contributed by atoms with Gasteiger partial charge in [0.25, 0.3) is 0 Å². The van der Waals surface area contributed by atoms with Crippen molar-refractivity contribution in [3.8, 4) is 5.75 Å². The summed E-state index contributed by atoms with van der Waals surface area (Å²) in [4.78, 5) is 0. The fourth-order valence-corrected chi connectivity index (χ4v) is 2.04. The summed E-state index contributed by atoms with van der Waals surface area (Å²) < 4.78 is 19.6. The van der Waals surface area contributed by atoms with Crippen molar-refractivity contribution in [3.63, 3.8) is 0 Å². The topological polar surface area (TPSA) is 47.3 Å². The minimum atomic E-state index is -0.298. The molecular formula is C15H16BrFN2O. The highest BCUT2D eigenvalue weighted by Crippen LogP contribution is 2.30. The van der Waals surface area contributed by atoms with Gasteiger partial charge < -0.3 is 15.8 Å². The zero-order valence-electron chi connectivity index (χ0n) is 11.1. The number of nitrogens with two attached hydrogens (primary N) is 1. The lowest BCUT2D eigenvalue weighted by Crippen LogP contribution is -2.00. The highest BCUT2D eigenvalue weighted by atomic mass is 79.9. The first-order valence-electron chi connectivity index (χ1n) is 6.34. The van der Waals surface area contributed by atoms with Crippen LogP contribution in [0.3, 0.4) is 0 Å². The number of benzene rings is 2. The summed E-state index contributed by atoms with van der Waals surface area (Å²) in [5.41, 5.74) is 7.88. The third-order valence-corrected chi connectivity index (χ3v) is 3.37. The maximum Gasteiger partial charge on any atom is 0.144 e. The number of hydrogen-bond acceptors (Lipinski definition) is 3. The molecule has 0 amide bonds. The van der Waals surface area contributed by atoms with E-state index in [4.69, 9.17) is 10.5 Å². The number of rotatable bonds is 5. The molecule has 3 nitrogen and oxygen atoms in total. The second-order valence-electron chi connectivity index (χ2n) is 4.35. The van der Waals surface area contributed by atoms with E-state index in [9.17, 15) is 4.39 Å². The molecule has 5 heteroatoms. The van der Waals surface area contributed by atoms with Crippen LogP contribution in [0.25, 0.3) is 0 Å². The van der Waals surface area contributed by atoms with Crippen molar-refractivity contribution in [2.45, 2.75) is 13.3 Å². The summed E-state index contributed by atoms with van der Waals surface area (Å²) in [5.74, 6) is 0.331. The van der Waals surface area contributed by atoms with Crippen LogP contribution in [0.2, 0.25) is 0 Å². The van der Waals surface area contributed by atoms with Crippen molar-refractivity contribution in [2.75, 3.05) is 17.7 Å². The SMILES string of the molecule is CCCOc1cc(Nc2cc(F)ccc2Br)ccc1N. The van der Waals surface area contributed by atoms with Gasteiger partial charge in [-0.3, -0.25) is 0 Å². The van der Waals surface area contributed by atoms with Gasteiger partial charge in [-0.15, -0.1) is 0 Å². The van der Waals surface area contributed by atoms with E-state index in [1.54, 1.807) is 12.1 Å². The first-order chi connectivity index (χ1) is 9.60. The van der Waals surface area contributed by atoms with Gasteiger partial charge in [0.15, 0.2) is 0 Å². The molecule has 20 heavy (non-hydrogen) atoms. The van der Waals surface area contributed by atoms with Gasteiger partial charge in [-0.05, 0) is 52.7 Å². The Hall–Kier alpha value is -1.75. The number of halogens is 2. The maximum absolute atomic E-state index is 13.3. The van der Waals surface area contributed by atoms with Gasteiger partial charge in [-0.1, -0.05) is 6.92 Å². The molecule has 0 heterocycles. The van der Waals surface area contributed by atoms with Crippen molar-refractivity contribution in [1.82, 2.24) is 0 Å². The largest absolute Gasteiger partial charge is 0.491 e. The van der Waals surface area contributed by atoms with Crippen LogP contribution in [0.15, 0.2) is 40.9 Å². The van der Waals surface area contributed by atoms with E-state index in [2.05, 4.69) is 21.2 Å². The van der Waals surface area contributed by atoms with Gasteiger partial charge in [0.2, 0.25) is 0 Å². The Bertz CT molecular complexity index is 604. The summed E-state index contributed by atoms with van der Waals surface area (Å²) in [6, 6.07) is 9.87. The Balaban J connectivity index is 2.22. The first kappa shape index (κ1) is 14.7. The molecule has 0 aliphatic rings. The van der Waals surface area contributed by atoms with Crippen LogP contribution in [0.1, 0.15) is 13.3 Å². The lowest BCUT2D eigenvalue weighted by atomic mass is 10.2. The molecule has 0 aliphatic heterocycles. The van der Waals surface area contributed by atoms with E-state index in [1.165, 1.54) is 12.1 Å². The number of nitrogens with one attached hydrogen (secondary N) is 1. The van der Waals surface area contributed by atoms with E-state index in [0.717, 1.165) is 16.6 Å². The summed E-state index contributed by atoms with van der Waals surface area (Å²) in [7, 11) is 0. The summed E-state index contributed by atoms with van der Waals surface area (Å²) >= 11 is 3.38. The molecule has 0 aromatic heterocycles. The van der Waals surface area contributed by atoms with Gasteiger partial charge in [0, 0.05) is 16.2 Å². The molecule has 0 spiro atoms. The Morgan fingerprint density at radius 1 is 1.25 bits per heavy atom. The molecule has 2 aromatic carbocycles. The molecule has 0 unspecified atom stereocenters. The zero-order valence-corrected chi connectivity index (χ0v) is 12.7. The van der Waals surface area contributed by atoms with E-state index in [0.29, 0.717) is 23.7 Å². The molecule has 0 saturated heterocycles. The van der Waals surface area contributed by atoms with Crippen LogP contribution < -0.4 is 15.8 Å². The molecule has 0 fully saturated rings. The van der Waals surface area contributed by atoms with Crippen LogP contribution in [0, 0.1) is 5.82 Å². The minimum absolute atomic E-state index is 0.298. The molecular weight excluding hydrogens is 323 g/mol. The predicted molar refractivity (Wildman–Crippen MR) is 84.0 cm³/mol. The Morgan fingerprint density at radius 2 is 2.05 bits per heavy atom. The number of ether oxygens (including phenoxy) is 1. The van der Waals surface area contributed by atoms with Crippen molar-refractivity contribution in [1.29, 1.82) is 0 Å². The molecule has 0 saturated carbocycles. The third-order valence-electron chi connectivity index (χ3n) is 2.68. The highest BCUT2D eigenvalue weighted by Gasteiger charge is 2.05. The monoisotopic (exact) mass is 338 g/mol. The Kier molecular flexibility index (Phi) is 4.84. The lowest BCUT2D eigenvalue weighted by molar-refractivity contribution is 0.319. The quantitative estimate of drug-likeness (QED) is 0.776. The average molecular weight is 339 g/mol. The van der Waals surface area contributed by atoms with Gasteiger partial charge in [0.1, 0.15) is 11.6 Å². The summed E-state index contributed by atoms with van der Waals surface area (Å²) in [6.45, 7) is 2.64. The van der Waals surface area contributed by atoms with Crippen molar-refractivity contribution < 1.29 is 9.13 Å². The van der Waals surface area contributed by atoms with Gasteiger partial charge in [0.05, 0.1) is 18.0 Å². The second kappa shape index (κ2) is 6.61. The summed E-state index contributed by atoms with van der Waals surface area (Å²) in [6.07, 6.45) is 0.909. The average Bonchev–Trinajstić information content (AvgIpc) is 2.43. The Morgan fingerprint density at radius 3 is 2.80 bits per heavy atom. The number of nitrogen functional groups attached to an aromatic ring is 1. The van der Waals surface area contributed by atoms with Gasteiger partial charge in [-0.25, -0.2) is 4.39 Å². The van der Waals surface area contributed by atoms with Crippen LogP contribution in [-0.2, 0) is 0 Å². The second-order valence-corrected chi connectivity index (χ2v) is 5.20. The zero-order chi connectivity index (χ0) is 14.5. The lowest BCUT2D eigenvalue weighted by Gasteiger charge is -2.12. The third kappa shape index (κ3) is 3.63. The molecule has 106 valence electrons. The molecule has 0 bridgehead atoms. The number of hydrogen-bond donors (Lipinski definition) is 2. The fraction of sp³-hybridized carbons (Fsp3) is 0.200. The van der Waals surface area contributed by atoms with E-state index < -0.39 is 0 Å². The molecule has 2 rings (SSSR count). The van der Waals surface area contributed by atoms with Crippen LogP contribution >= 0.6 is 15.9 Å². The van der Waals surface area contributed by atoms with Crippen molar-refractivity contribution in [3.05, 3.63) is 46.7 Å². The van der Waals surface area contributed by atoms with Crippen LogP contribution in [0.4, 0.5) is 21.5 Å². The van der Waals surface area contributed by atoms with E-state index in [1.807, 2.05) is 19.1 Å². The van der Waals surface area contributed by atoms with E-state index >= 15 is 0 Å². The first-order valence-corrected chi connectivity index (χ1v) is 7.14. The van der Waals surface area contributed by atoms with E-state index in [-0.39, 0.29) is 5.82 Å².